The maximum atomic E-state index is 11.8. The number of hydrogen-bond acceptors (Lipinski definition) is 4. The van der Waals surface area contributed by atoms with E-state index in [9.17, 15) is 9.59 Å². The standard InChI is InChI=1S/C14H19NO4S/c1-10-5-3-4-6-12(10)20-9-13(16)15-11(14(17)18)7-8-19-2/h3-6,11H,7-9H2,1-2H3,(H,15,16)(H,17,18). The van der Waals surface area contributed by atoms with Gasteiger partial charge >= 0.3 is 5.97 Å². The number of carboxylic acids is 1. The summed E-state index contributed by atoms with van der Waals surface area (Å²) in [5.41, 5.74) is 1.10. The Labute approximate surface area is 122 Å². The molecule has 0 bridgehead atoms. The lowest BCUT2D eigenvalue weighted by molar-refractivity contribution is -0.142. The monoisotopic (exact) mass is 297 g/mol. The van der Waals surface area contributed by atoms with Gasteiger partial charge in [0.2, 0.25) is 5.91 Å². The van der Waals surface area contributed by atoms with Gasteiger partial charge in [0.15, 0.2) is 0 Å². The molecule has 0 radical (unpaired) electrons. The third-order valence-corrected chi connectivity index (χ3v) is 3.87. The molecule has 0 spiro atoms. The second-order valence-corrected chi connectivity index (χ2v) is 5.31. The van der Waals surface area contributed by atoms with Gasteiger partial charge in [0, 0.05) is 25.0 Å². The van der Waals surface area contributed by atoms with Crippen LogP contribution in [-0.4, -0.2) is 42.5 Å². The van der Waals surface area contributed by atoms with E-state index >= 15 is 0 Å². The van der Waals surface area contributed by atoms with Crippen molar-refractivity contribution in [2.75, 3.05) is 19.5 Å². The van der Waals surface area contributed by atoms with Gasteiger partial charge in [-0.1, -0.05) is 18.2 Å². The fourth-order valence-electron chi connectivity index (χ4n) is 1.59. The summed E-state index contributed by atoms with van der Waals surface area (Å²) in [6, 6.07) is 6.85. The summed E-state index contributed by atoms with van der Waals surface area (Å²) in [7, 11) is 1.49. The highest BCUT2D eigenvalue weighted by atomic mass is 32.2. The topological polar surface area (TPSA) is 75.6 Å². The number of carbonyl (C=O) groups excluding carboxylic acids is 1. The smallest absolute Gasteiger partial charge is 0.326 e. The number of methoxy groups -OCH3 is 1. The van der Waals surface area contributed by atoms with Gasteiger partial charge in [0.1, 0.15) is 6.04 Å². The number of carboxylic acid groups (broad SMARTS) is 1. The quantitative estimate of drug-likeness (QED) is 0.714. The van der Waals surface area contributed by atoms with Crippen molar-refractivity contribution in [3.05, 3.63) is 29.8 Å². The van der Waals surface area contributed by atoms with Crippen LogP contribution in [-0.2, 0) is 14.3 Å². The Kier molecular flexibility index (Phi) is 7.11. The summed E-state index contributed by atoms with van der Waals surface area (Å²) < 4.78 is 4.83. The van der Waals surface area contributed by atoms with E-state index in [4.69, 9.17) is 9.84 Å². The molecule has 110 valence electrons. The van der Waals surface area contributed by atoms with Crippen molar-refractivity contribution in [1.82, 2.24) is 5.32 Å². The Morgan fingerprint density at radius 3 is 2.70 bits per heavy atom. The van der Waals surface area contributed by atoms with E-state index in [1.165, 1.54) is 18.9 Å². The van der Waals surface area contributed by atoms with E-state index in [1.807, 2.05) is 31.2 Å². The van der Waals surface area contributed by atoms with Gasteiger partial charge in [-0.25, -0.2) is 4.79 Å². The highest BCUT2D eigenvalue weighted by molar-refractivity contribution is 8.00. The summed E-state index contributed by atoms with van der Waals surface area (Å²) in [5.74, 6) is -1.14. The SMILES string of the molecule is COCCC(NC(=O)CSc1ccccc1C)C(=O)O. The van der Waals surface area contributed by atoms with Gasteiger partial charge in [-0.2, -0.15) is 0 Å². The van der Waals surface area contributed by atoms with Gasteiger partial charge in [-0.05, 0) is 18.6 Å². The molecule has 1 unspecified atom stereocenters. The molecule has 1 rings (SSSR count). The minimum absolute atomic E-state index is 0.196. The van der Waals surface area contributed by atoms with Crippen molar-refractivity contribution in [3.63, 3.8) is 0 Å². The largest absolute Gasteiger partial charge is 0.480 e. The number of benzene rings is 1. The van der Waals surface area contributed by atoms with Crippen molar-refractivity contribution in [3.8, 4) is 0 Å². The number of ether oxygens (including phenoxy) is 1. The number of thioether (sulfide) groups is 1. The van der Waals surface area contributed by atoms with E-state index in [0.717, 1.165) is 10.5 Å². The van der Waals surface area contributed by atoms with E-state index in [-0.39, 0.29) is 18.1 Å². The first kappa shape index (κ1) is 16.5. The molecule has 0 saturated carbocycles. The highest BCUT2D eigenvalue weighted by Gasteiger charge is 2.19. The van der Waals surface area contributed by atoms with E-state index in [0.29, 0.717) is 6.61 Å². The number of carbonyl (C=O) groups is 2. The zero-order valence-corrected chi connectivity index (χ0v) is 12.4. The molecule has 20 heavy (non-hydrogen) atoms. The van der Waals surface area contributed by atoms with Crippen LogP contribution >= 0.6 is 11.8 Å². The first-order valence-corrected chi connectivity index (χ1v) is 7.22. The molecule has 0 heterocycles. The number of amides is 1. The Hall–Kier alpha value is -1.53. The van der Waals surface area contributed by atoms with Crippen LogP contribution in [0.3, 0.4) is 0 Å². The molecular weight excluding hydrogens is 278 g/mol. The highest BCUT2D eigenvalue weighted by Crippen LogP contribution is 2.21. The number of aliphatic carboxylic acids is 1. The Bertz CT molecular complexity index is 464. The zero-order chi connectivity index (χ0) is 15.0. The van der Waals surface area contributed by atoms with Crippen LogP contribution in [0.15, 0.2) is 29.2 Å². The number of hydrogen-bond donors (Lipinski definition) is 2. The van der Waals surface area contributed by atoms with Gasteiger partial charge in [0.05, 0.1) is 5.75 Å². The van der Waals surface area contributed by atoms with Crippen LogP contribution in [0.2, 0.25) is 0 Å². The Morgan fingerprint density at radius 1 is 1.40 bits per heavy atom. The Morgan fingerprint density at radius 2 is 2.10 bits per heavy atom. The number of rotatable bonds is 8. The molecule has 6 heteroatoms. The molecule has 0 aromatic heterocycles. The van der Waals surface area contributed by atoms with Gasteiger partial charge < -0.3 is 15.2 Å². The van der Waals surface area contributed by atoms with Crippen LogP contribution < -0.4 is 5.32 Å². The van der Waals surface area contributed by atoms with Crippen molar-refractivity contribution in [2.45, 2.75) is 24.3 Å². The van der Waals surface area contributed by atoms with Crippen LogP contribution in [0, 0.1) is 6.92 Å². The summed E-state index contributed by atoms with van der Waals surface area (Å²) in [5, 5.41) is 11.5. The molecular formula is C14H19NO4S. The number of aryl methyl sites for hydroxylation is 1. The van der Waals surface area contributed by atoms with Crippen molar-refractivity contribution in [1.29, 1.82) is 0 Å². The van der Waals surface area contributed by atoms with Crippen LogP contribution in [0.1, 0.15) is 12.0 Å². The molecule has 1 amide bonds. The van der Waals surface area contributed by atoms with Crippen molar-refractivity contribution in [2.24, 2.45) is 0 Å². The predicted octanol–water partition coefficient (Wildman–Crippen LogP) is 1.69. The second kappa shape index (κ2) is 8.60. The maximum Gasteiger partial charge on any atom is 0.326 e. The molecule has 1 aromatic carbocycles. The number of nitrogens with one attached hydrogen (secondary N) is 1. The Balaban J connectivity index is 2.46. The fraction of sp³-hybridized carbons (Fsp3) is 0.429. The summed E-state index contributed by atoms with van der Waals surface area (Å²) in [6.07, 6.45) is 0.257. The summed E-state index contributed by atoms with van der Waals surface area (Å²) in [4.78, 5) is 23.8. The van der Waals surface area contributed by atoms with Crippen LogP contribution in [0.4, 0.5) is 0 Å². The predicted molar refractivity (Wildman–Crippen MR) is 78.0 cm³/mol. The third kappa shape index (κ3) is 5.63. The third-order valence-electron chi connectivity index (χ3n) is 2.70. The van der Waals surface area contributed by atoms with Crippen molar-refractivity contribution >= 4 is 23.6 Å². The lowest BCUT2D eigenvalue weighted by atomic mass is 10.2. The average molecular weight is 297 g/mol. The first-order chi connectivity index (χ1) is 9.54. The van der Waals surface area contributed by atoms with E-state index in [1.54, 1.807) is 0 Å². The maximum absolute atomic E-state index is 11.8. The van der Waals surface area contributed by atoms with Gasteiger partial charge in [-0.15, -0.1) is 11.8 Å². The second-order valence-electron chi connectivity index (χ2n) is 4.29. The summed E-state index contributed by atoms with van der Waals surface area (Å²) >= 11 is 1.40. The van der Waals surface area contributed by atoms with Crippen LogP contribution in [0.5, 0.6) is 0 Å². The van der Waals surface area contributed by atoms with Crippen LogP contribution in [0.25, 0.3) is 0 Å². The molecule has 0 saturated heterocycles. The molecule has 0 fully saturated rings. The normalized spacial score (nSPS) is 11.9. The molecule has 1 atom stereocenters. The minimum Gasteiger partial charge on any atom is -0.480 e. The molecule has 5 nitrogen and oxygen atoms in total. The van der Waals surface area contributed by atoms with E-state index < -0.39 is 12.0 Å². The lowest BCUT2D eigenvalue weighted by Gasteiger charge is -2.14. The van der Waals surface area contributed by atoms with Gasteiger partial charge in [-0.3, -0.25) is 4.79 Å². The minimum atomic E-state index is -1.05. The first-order valence-electron chi connectivity index (χ1n) is 6.24. The van der Waals surface area contributed by atoms with Crippen molar-refractivity contribution < 1.29 is 19.4 Å². The van der Waals surface area contributed by atoms with E-state index in [2.05, 4.69) is 5.32 Å². The van der Waals surface area contributed by atoms with Gasteiger partial charge in [0.25, 0.3) is 0 Å². The molecule has 2 N–H and O–H groups in total. The summed E-state index contributed by atoms with van der Waals surface area (Å²) in [6.45, 7) is 2.26. The molecule has 0 aliphatic heterocycles. The molecule has 0 aliphatic rings. The molecule has 1 aromatic rings. The fourth-order valence-corrected chi connectivity index (χ4v) is 2.43. The molecule has 0 aliphatic carbocycles. The zero-order valence-electron chi connectivity index (χ0n) is 11.6. The average Bonchev–Trinajstić information content (AvgIpc) is 2.42. The lowest BCUT2D eigenvalue weighted by Crippen LogP contribution is -2.42.